The Labute approximate surface area is 136 Å². The molecule has 0 heterocycles. The summed E-state index contributed by atoms with van der Waals surface area (Å²) in [5.41, 5.74) is -0.177. The van der Waals surface area contributed by atoms with Gasteiger partial charge in [0.05, 0.1) is 19.8 Å². The van der Waals surface area contributed by atoms with E-state index in [1.54, 1.807) is 45.0 Å². The van der Waals surface area contributed by atoms with Crippen molar-refractivity contribution < 1.29 is 28.5 Å². The Hall–Kier alpha value is -2.50. The quantitative estimate of drug-likeness (QED) is 0.611. The molecule has 0 aliphatic heterocycles. The molecule has 0 spiro atoms. The summed E-state index contributed by atoms with van der Waals surface area (Å²) in [6.45, 7) is 8.80. The van der Waals surface area contributed by atoms with Crippen LogP contribution >= 0.6 is 0 Å². The predicted octanol–water partition coefficient (Wildman–Crippen LogP) is 3.42. The Bertz CT molecular complexity index is 568. The van der Waals surface area contributed by atoms with E-state index in [9.17, 15) is 9.59 Å². The summed E-state index contributed by atoms with van der Waals surface area (Å²) in [5.74, 6) is -0.0391. The number of hydrogen-bond donors (Lipinski definition) is 0. The molecule has 0 radical (unpaired) electrons. The van der Waals surface area contributed by atoms with Crippen molar-refractivity contribution in [3.8, 4) is 5.75 Å². The summed E-state index contributed by atoms with van der Waals surface area (Å²) in [6.07, 6.45) is -1.91. The molecule has 0 fully saturated rings. The maximum absolute atomic E-state index is 11.9. The fourth-order valence-electron chi connectivity index (χ4n) is 1.73. The molecule has 1 aromatic carbocycles. The standard InChI is InChI=1S/C17H22O6/c1-11(15(18)21-6)14(22-16(19)23-17(2,3)4)12-7-9-13(20-5)10-8-12/h7-10,14H,1H2,2-6H3. The molecule has 6 heteroatoms. The van der Waals surface area contributed by atoms with Crippen molar-refractivity contribution in [2.45, 2.75) is 32.5 Å². The molecule has 0 aliphatic rings. The molecule has 1 atom stereocenters. The second kappa shape index (κ2) is 7.67. The number of rotatable bonds is 5. The molecular weight excluding hydrogens is 300 g/mol. The van der Waals surface area contributed by atoms with E-state index in [2.05, 4.69) is 11.3 Å². The molecule has 0 aromatic heterocycles. The largest absolute Gasteiger partial charge is 0.509 e. The number of methoxy groups -OCH3 is 2. The van der Waals surface area contributed by atoms with E-state index in [-0.39, 0.29) is 5.57 Å². The topological polar surface area (TPSA) is 71.1 Å². The zero-order valence-corrected chi connectivity index (χ0v) is 14.0. The maximum atomic E-state index is 11.9. The minimum absolute atomic E-state index is 0.0106. The minimum atomic E-state index is -1.01. The van der Waals surface area contributed by atoms with Gasteiger partial charge >= 0.3 is 12.1 Å². The van der Waals surface area contributed by atoms with Crippen molar-refractivity contribution in [3.05, 3.63) is 42.0 Å². The molecule has 0 N–H and O–H groups in total. The smallest absolute Gasteiger partial charge is 0.497 e. The van der Waals surface area contributed by atoms with Crippen molar-refractivity contribution in [1.29, 1.82) is 0 Å². The first-order chi connectivity index (χ1) is 10.7. The fraction of sp³-hybridized carbons (Fsp3) is 0.412. The lowest BCUT2D eigenvalue weighted by molar-refractivity contribution is -0.137. The van der Waals surface area contributed by atoms with Crippen LogP contribution in [0.25, 0.3) is 0 Å². The third-order valence-corrected chi connectivity index (χ3v) is 2.79. The first-order valence-corrected chi connectivity index (χ1v) is 6.98. The molecule has 1 aromatic rings. The van der Waals surface area contributed by atoms with Crippen LogP contribution in [0.3, 0.4) is 0 Å². The van der Waals surface area contributed by atoms with Gasteiger partial charge in [-0.1, -0.05) is 18.7 Å². The summed E-state index contributed by atoms with van der Waals surface area (Å²) in [5, 5.41) is 0. The molecule has 0 saturated carbocycles. The average molecular weight is 322 g/mol. The summed E-state index contributed by atoms with van der Waals surface area (Å²) in [4.78, 5) is 23.7. The van der Waals surface area contributed by atoms with Crippen LogP contribution in [-0.2, 0) is 19.0 Å². The molecule has 126 valence electrons. The summed E-state index contributed by atoms with van der Waals surface area (Å²) in [7, 11) is 2.77. The third-order valence-electron chi connectivity index (χ3n) is 2.79. The number of carbonyl (C=O) groups excluding carboxylic acids is 2. The SMILES string of the molecule is C=C(C(=O)OC)C(OC(=O)OC(C)(C)C)c1ccc(OC)cc1. The van der Waals surface area contributed by atoms with Crippen LogP contribution in [-0.4, -0.2) is 31.9 Å². The number of ether oxygens (including phenoxy) is 4. The number of esters is 1. The number of hydrogen-bond acceptors (Lipinski definition) is 6. The Balaban J connectivity index is 3.03. The van der Waals surface area contributed by atoms with Crippen molar-refractivity contribution in [2.75, 3.05) is 14.2 Å². The second-order valence-corrected chi connectivity index (χ2v) is 5.75. The van der Waals surface area contributed by atoms with Crippen molar-refractivity contribution in [2.24, 2.45) is 0 Å². The Morgan fingerprint density at radius 3 is 2.09 bits per heavy atom. The average Bonchev–Trinajstić information content (AvgIpc) is 2.49. The van der Waals surface area contributed by atoms with Crippen LogP contribution in [0, 0.1) is 0 Å². The van der Waals surface area contributed by atoms with Crippen LogP contribution in [0.2, 0.25) is 0 Å². The second-order valence-electron chi connectivity index (χ2n) is 5.75. The normalized spacial score (nSPS) is 12.0. The van der Waals surface area contributed by atoms with Gasteiger partial charge in [-0.15, -0.1) is 0 Å². The van der Waals surface area contributed by atoms with Crippen LogP contribution < -0.4 is 4.74 Å². The summed E-state index contributed by atoms with van der Waals surface area (Å²) >= 11 is 0. The van der Waals surface area contributed by atoms with Gasteiger partial charge in [0.2, 0.25) is 0 Å². The van der Waals surface area contributed by atoms with E-state index in [1.807, 2.05) is 0 Å². The van der Waals surface area contributed by atoms with Gasteiger partial charge in [0.1, 0.15) is 11.4 Å². The van der Waals surface area contributed by atoms with Crippen molar-refractivity contribution in [1.82, 2.24) is 0 Å². The van der Waals surface area contributed by atoms with Gasteiger partial charge in [-0.05, 0) is 38.5 Å². The van der Waals surface area contributed by atoms with Gasteiger partial charge in [-0.3, -0.25) is 0 Å². The van der Waals surface area contributed by atoms with Gasteiger partial charge in [0.25, 0.3) is 0 Å². The third kappa shape index (κ3) is 5.65. The van der Waals surface area contributed by atoms with Crippen LogP contribution in [0.1, 0.15) is 32.4 Å². The lowest BCUT2D eigenvalue weighted by Gasteiger charge is -2.23. The summed E-state index contributed by atoms with van der Waals surface area (Å²) < 4.78 is 20.1. The van der Waals surface area contributed by atoms with Crippen LogP contribution in [0.5, 0.6) is 5.75 Å². The molecule has 0 aliphatic carbocycles. The van der Waals surface area contributed by atoms with E-state index in [4.69, 9.17) is 14.2 Å². The van der Waals surface area contributed by atoms with Crippen molar-refractivity contribution >= 4 is 12.1 Å². The van der Waals surface area contributed by atoms with Gasteiger partial charge < -0.3 is 18.9 Å². The van der Waals surface area contributed by atoms with Gasteiger partial charge in [0.15, 0.2) is 6.10 Å². The minimum Gasteiger partial charge on any atom is -0.497 e. The van der Waals surface area contributed by atoms with Crippen LogP contribution in [0.4, 0.5) is 4.79 Å². The maximum Gasteiger partial charge on any atom is 0.509 e. The van der Waals surface area contributed by atoms with E-state index in [0.717, 1.165) is 0 Å². The number of carbonyl (C=O) groups is 2. The lowest BCUT2D eigenvalue weighted by Crippen LogP contribution is -2.27. The highest BCUT2D eigenvalue weighted by molar-refractivity contribution is 5.89. The zero-order chi connectivity index (χ0) is 17.6. The molecule has 0 bridgehead atoms. The highest BCUT2D eigenvalue weighted by Gasteiger charge is 2.28. The predicted molar refractivity (Wildman–Crippen MR) is 84.2 cm³/mol. The molecule has 23 heavy (non-hydrogen) atoms. The Morgan fingerprint density at radius 2 is 1.65 bits per heavy atom. The van der Waals surface area contributed by atoms with Gasteiger partial charge in [-0.25, -0.2) is 9.59 Å². The molecular formula is C17H22O6. The van der Waals surface area contributed by atoms with E-state index >= 15 is 0 Å². The monoisotopic (exact) mass is 322 g/mol. The zero-order valence-electron chi connectivity index (χ0n) is 14.0. The van der Waals surface area contributed by atoms with E-state index < -0.39 is 23.8 Å². The highest BCUT2D eigenvalue weighted by Crippen LogP contribution is 2.28. The van der Waals surface area contributed by atoms with Crippen molar-refractivity contribution in [3.63, 3.8) is 0 Å². The van der Waals surface area contributed by atoms with Gasteiger partial charge in [-0.2, -0.15) is 0 Å². The van der Waals surface area contributed by atoms with E-state index in [1.165, 1.54) is 14.2 Å². The van der Waals surface area contributed by atoms with Gasteiger partial charge in [0, 0.05) is 0 Å². The number of benzene rings is 1. The van der Waals surface area contributed by atoms with E-state index in [0.29, 0.717) is 11.3 Å². The molecule has 1 rings (SSSR count). The Kier molecular flexibility index (Phi) is 6.18. The summed E-state index contributed by atoms with van der Waals surface area (Å²) in [6, 6.07) is 6.71. The molecule has 1 unspecified atom stereocenters. The molecule has 0 saturated heterocycles. The molecule has 0 amide bonds. The molecule has 6 nitrogen and oxygen atoms in total. The first-order valence-electron chi connectivity index (χ1n) is 6.98. The fourth-order valence-corrected chi connectivity index (χ4v) is 1.73. The first kappa shape index (κ1) is 18.5. The van der Waals surface area contributed by atoms with Crippen LogP contribution in [0.15, 0.2) is 36.4 Å². The Morgan fingerprint density at radius 1 is 1.09 bits per heavy atom. The lowest BCUT2D eigenvalue weighted by atomic mass is 10.0. The highest BCUT2D eigenvalue weighted by atomic mass is 16.7.